The molecule has 1 aromatic heterocycles. The predicted octanol–water partition coefficient (Wildman–Crippen LogP) is 2.53. The molecule has 0 radical (unpaired) electrons. The Bertz CT molecular complexity index is 1030. The Labute approximate surface area is 153 Å². The molecule has 8 nitrogen and oxygen atoms in total. The Morgan fingerprint density at radius 1 is 1.04 bits per heavy atom. The van der Waals surface area contributed by atoms with Gasteiger partial charge in [0.25, 0.3) is 11.2 Å². The first kappa shape index (κ1) is 18.1. The van der Waals surface area contributed by atoms with Crippen LogP contribution in [0.2, 0.25) is 0 Å². The third kappa shape index (κ3) is 4.49. The van der Waals surface area contributed by atoms with E-state index in [-0.39, 0.29) is 25.4 Å². The topological polar surface area (TPSA) is 101 Å². The van der Waals surface area contributed by atoms with Crippen molar-refractivity contribution >= 4 is 22.6 Å². The van der Waals surface area contributed by atoms with Crippen LogP contribution in [0.5, 0.6) is 5.75 Å². The molecule has 0 saturated heterocycles. The summed E-state index contributed by atoms with van der Waals surface area (Å²) in [5, 5.41) is 11.4. The number of ether oxygens (including phenoxy) is 2. The molecule has 3 rings (SSSR count). The van der Waals surface area contributed by atoms with E-state index >= 15 is 0 Å². The van der Waals surface area contributed by atoms with Gasteiger partial charge in [0.05, 0.1) is 10.4 Å². The van der Waals surface area contributed by atoms with Gasteiger partial charge in [-0.25, -0.2) is 0 Å². The largest absolute Gasteiger partial charge is 0.490 e. The minimum absolute atomic E-state index is 0.0404. The Kier molecular flexibility index (Phi) is 5.46. The summed E-state index contributed by atoms with van der Waals surface area (Å²) >= 11 is 0. The molecule has 0 atom stereocenters. The molecule has 3 aromatic rings. The number of carbonyl (C=O) groups excluding carboxylic acids is 1. The maximum Gasteiger partial charge on any atom is 0.326 e. The van der Waals surface area contributed by atoms with Crippen molar-refractivity contribution in [1.82, 2.24) is 4.57 Å². The molecule has 27 heavy (non-hydrogen) atoms. The van der Waals surface area contributed by atoms with Crippen LogP contribution in [-0.2, 0) is 16.1 Å². The normalized spacial score (nSPS) is 10.5. The molecule has 8 heteroatoms. The SMILES string of the molecule is O=C(Cn1c(=O)ccc2cc([N+](=O)[O-])ccc21)OCCOc1ccccc1. The van der Waals surface area contributed by atoms with Crippen LogP contribution < -0.4 is 10.3 Å². The van der Waals surface area contributed by atoms with Crippen LogP contribution in [0.25, 0.3) is 10.9 Å². The van der Waals surface area contributed by atoms with Gasteiger partial charge in [-0.1, -0.05) is 18.2 Å². The standard InChI is InChI=1S/C19H16N2O6/c22-18-9-6-14-12-15(21(24)25)7-8-17(14)20(18)13-19(23)27-11-10-26-16-4-2-1-3-5-16/h1-9,12H,10-11,13H2. The lowest BCUT2D eigenvalue weighted by Gasteiger charge is -2.10. The number of nitro groups is 1. The zero-order chi connectivity index (χ0) is 19.2. The van der Waals surface area contributed by atoms with E-state index in [2.05, 4.69) is 0 Å². The van der Waals surface area contributed by atoms with Crippen molar-refractivity contribution in [3.05, 3.63) is 81.1 Å². The highest BCUT2D eigenvalue weighted by Gasteiger charge is 2.12. The molecule has 0 bridgehead atoms. The minimum atomic E-state index is -0.598. The van der Waals surface area contributed by atoms with E-state index in [1.165, 1.54) is 34.9 Å². The number of hydrogen-bond donors (Lipinski definition) is 0. The van der Waals surface area contributed by atoms with E-state index in [0.29, 0.717) is 16.7 Å². The van der Waals surface area contributed by atoms with Crippen molar-refractivity contribution in [1.29, 1.82) is 0 Å². The molecule has 1 heterocycles. The van der Waals surface area contributed by atoms with Crippen molar-refractivity contribution in [2.24, 2.45) is 0 Å². The van der Waals surface area contributed by atoms with E-state index in [1.54, 1.807) is 12.1 Å². The molecule has 0 aliphatic rings. The monoisotopic (exact) mass is 368 g/mol. The van der Waals surface area contributed by atoms with E-state index in [9.17, 15) is 19.7 Å². The summed E-state index contributed by atoms with van der Waals surface area (Å²) in [6.45, 7) is -0.0651. The Morgan fingerprint density at radius 2 is 1.81 bits per heavy atom. The van der Waals surface area contributed by atoms with Gasteiger partial charge in [0.1, 0.15) is 25.5 Å². The van der Waals surface area contributed by atoms with Gasteiger partial charge in [-0.3, -0.25) is 24.3 Å². The minimum Gasteiger partial charge on any atom is -0.490 e. The van der Waals surface area contributed by atoms with Gasteiger partial charge in [0.2, 0.25) is 0 Å². The van der Waals surface area contributed by atoms with E-state index in [4.69, 9.17) is 9.47 Å². The number of non-ortho nitro benzene ring substituents is 1. The Hall–Kier alpha value is -3.68. The van der Waals surface area contributed by atoms with Gasteiger partial charge in [-0.05, 0) is 24.3 Å². The second kappa shape index (κ2) is 8.13. The van der Waals surface area contributed by atoms with Crippen molar-refractivity contribution < 1.29 is 19.2 Å². The summed E-state index contributed by atoms with van der Waals surface area (Å²) in [7, 11) is 0. The van der Waals surface area contributed by atoms with Crippen molar-refractivity contribution in [2.45, 2.75) is 6.54 Å². The molecule has 0 aliphatic heterocycles. The van der Waals surface area contributed by atoms with Gasteiger partial charge in [-0.2, -0.15) is 0 Å². The molecule has 0 spiro atoms. The Balaban J connectivity index is 1.64. The first-order chi connectivity index (χ1) is 13.0. The lowest BCUT2D eigenvalue weighted by molar-refractivity contribution is -0.384. The number of fused-ring (bicyclic) bond motifs is 1. The van der Waals surface area contributed by atoms with Gasteiger partial charge < -0.3 is 9.47 Å². The molecule has 0 N–H and O–H groups in total. The fourth-order valence-electron chi connectivity index (χ4n) is 2.57. The molecule has 0 amide bonds. The van der Waals surface area contributed by atoms with Crippen LogP contribution in [0.3, 0.4) is 0 Å². The first-order valence-corrected chi connectivity index (χ1v) is 8.16. The van der Waals surface area contributed by atoms with Gasteiger partial charge >= 0.3 is 5.97 Å². The molecule has 0 unspecified atom stereocenters. The molecule has 0 saturated carbocycles. The summed E-state index contributed by atoms with van der Waals surface area (Å²) in [6, 6.07) is 15.9. The number of hydrogen-bond acceptors (Lipinski definition) is 6. The van der Waals surface area contributed by atoms with Gasteiger partial charge in [0, 0.05) is 23.6 Å². The number of para-hydroxylation sites is 1. The predicted molar refractivity (Wildman–Crippen MR) is 97.8 cm³/mol. The summed E-state index contributed by atoms with van der Waals surface area (Å²) < 4.78 is 11.7. The second-order valence-corrected chi connectivity index (χ2v) is 5.64. The Morgan fingerprint density at radius 3 is 2.56 bits per heavy atom. The van der Waals surface area contributed by atoms with E-state index in [0.717, 1.165) is 0 Å². The third-order valence-corrected chi connectivity index (χ3v) is 3.83. The first-order valence-electron chi connectivity index (χ1n) is 8.16. The van der Waals surface area contributed by atoms with Crippen LogP contribution in [0.4, 0.5) is 5.69 Å². The number of benzene rings is 2. The van der Waals surface area contributed by atoms with Crippen molar-refractivity contribution in [2.75, 3.05) is 13.2 Å². The van der Waals surface area contributed by atoms with Crippen LogP contribution in [0, 0.1) is 10.1 Å². The van der Waals surface area contributed by atoms with Crippen LogP contribution in [-0.4, -0.2) is 28.7 Å². The highest BCUT2D eigenvalue weighted by molar-refractivity contribution is 5.82. The highest BCUT2D eigenvalue weighted by Crippen LogP contribution is 2.19. The number of rotatable bonds is 7. The van der Waals surface area contributed by atoms with Crippen LogP contribution >= 0.6 is 0 Å². The zero-order valence-corrected chi connectivity index (χ0v) is 14.2. The average molecular weight is 368 g/mol. The van der Waals surface area contributed by atoms with E-state index in [1.807, 2.05) is 18.2 Å². The van der Waals surface area contributed by atoms with Crippen molar-refractivity contribution in [3.63, 3.8) is 0 Å². The zero-order valence-electron chi connectivity index (χ0n) is 14.2. The highest BCUT2D eigenvalue weighted by atomic mass is 16.6. The summed E-state index contributed by atoms with van der Waals surface area (Å²) in [4.78, 5) is 34.5. The molecule has 0 aliphatic carbocycles. The number of nitrogens with zero attached hydrogens (tertiary/aromatic N) is 2. The third-order valence-electron chi connectivity index (χ3n) is 3.83. The van der Waals surface area contributed by atoms with Gasteiger partial charge in [0.15, 0.2) is 0 Å². The lowest BCUT2D eigenvalue weighted by atomic mass is 10.2. The summed E-state index contributed by atoms with van der Waals surface area (Å²) in [6.07, 6.45) is 0. The van der Waals surface area contributed by atoms with Gasteiger partial charge in [-0.15, -0.1) is 0 Å². The summed E-state index contributed by atoms with van der Waals surface area (Å²) in [5.74, 6) is 0.0695. The quantitative estimate of drug-likeness (QED) is 0.275. The number of nitro benzene ring substituents is 1. The molecule has 2 aromatic carbocycles. The number of aromatic nitrogens is 1. The maximum atomic E-state index is 12.1. The molecular weight excluding hydrogens is 352 g/mol. The second-order valence-electron chi connectivity index (χ2n) is 5.64. The summed E-state index contributed by atoms with van der Waals surface area (Å²) in [5.41, 5.74) is -0.0623. The van der Waals surface area contributed by atoms with Crippen LogP contribution in [0.15, 0.2) is 65.5 Å². The smallest absolute Gasteiger partial charge is 0.326 e. The maximum absolute atomic E-state index is 12.1. The number of esters is 1. The molecule has 138 valence electrons. The number of carbonyl (C=O) groups is 1. The van der Waals surface area contributed by atoms with Crippen molar-refractivity contribution in [3.8, 4) is 5.75 Å². The van der Waals surface area contributed by atoms with E-state index < -0.39 is 16.5 Å². The molecule has 0 fully saturated rings. The number of pyridine rings is 1. The van der Waals surface area contributed by atoms with Crippen LogP contribution in [0.1, 0.15) is 0 Å². The lowest BCUT2D eigenvalue weighted by Crippen LogP contribution is -2.25. The fraction of sp³-hybridized carbons (Fsp3) is 0.158. The molecular formula is C19H16N2O6. The average Bonchev–Trinajstić information content (AvgIpc) is 2.68. The fourth-order valence-corrected chi connectivity index (χ4v) is 2.57.